The smallest absolute Gasteiger partial charge is 0.239 e. The third kappa shape index (κ3) is 5.30. The molecule has 2 aromatic carbocycles. The number of fused-ring (bicyclic) bond motifs is 1. The number of allylic oxidation sites excluding steroid dienone is 1. The molecule has 0 bridgehead atoms. The predicted molar refractivity (Wildman–Crippen MR) is 143 cm³/mol. The first kappa shape index (κ1) is 25.1. The highest BCUT2D eigenvalue weighted by Crippen LogP contribution is 2.48. The van der Waals surface area contributed by atoms with Crippen molar-refractivity contribution in [2.45, 2.75) is 39.2 Å². The van der Waals surface area contributed by atoms with Crippen LogP contribution in [0.5, 0.6) is 0 Å². The zero-order valence-electron chi connectivity index (χ0n) is 20.8. The van der Waals surface area contributed by atoms with E-state index in [4.69, 9.17) is 0 Å². The number of carbonyl (C=O) groups is 2. The number of Topliss-reactive ketones (excluding diaryl/α,β-unsaturated/α-hetero) is 1. The van der Waals surface area contributed by atoms with Gasteiger partial charge in [-0.25, -0.2) is 8.78 Å². The molecular formula is C29H29F2N3O2S. The molecule has 2 aliphatic rings. The Morgan fingerprint density at radius 3 is 2.70 bits per heavy atom. The lowest BCUT2D eigenvalue weighted by Gasteiger charge is -2.38. The minimum atomic E-state index is -0.890. The molecule has 0 saturated heterocycles. The summed E-state index contributed by atoms with van der Waals surface area (Å²) in [5, 5.41) is 8.39. The van der Waals surface area contributed by atoms with Crippen molar-refractivity contribution < 1.29 is 18.4 Å². The topological polar surface area (TPSA) is 61.4 Å². The lowest BCUT2D eigenvalue weighted by atomic mass is 9.73. The van der Waals surface area contributed by atoms with Gasteiger partial charge >= 0.3 is 0 Å². The summed E-state index contributed by atoms with van der Waals surface area (Å²) in [6.07, 6.45) is 1.59. The van der Waals surface area contributed by atoms with E-state index in [1.54, 1.807) is 16.2 Å². The van der Waals surface area contributed by atoms with E-state index < -0.39 is 17.7 Å². The second-order valence-electron chi connectivity index (χ2n) is 10.4. The normalized spacial score (nSPS) is 18.5. The van der Waals surface area contributed by atoms with Gasteiger partial charge in [-0.15, -0.1) is 11.3 Å². The summed E-state index contributed by atoms with van der Waals surface area (Å²) in [4.78, 5) is 29.8. The largest absolute Gasteiger partial charge is 0.357 e. The molecule has 1 aromatic heterocycles. The molecule has 0 saturated carbocycles. The van der Waals surface area contributed by atoms with Gasteiger partial charge < -0.3 is 15.5 Å². The van der Waals surface area contributed by atoms with Crippen LogP contribution < -0.4 is 15.5 Å². The number of carbonyl (C=O) groups excluding carboxylic acids is 2. The molecule has 2 N–H and O–H groups in total. The maximum atomic E-state index is 15.3. The van der Waals surface area contributed by atoms with Crippen LogP contribution in [-0.2, 0) is 16.0 Å². The van der Waals surface area contributed by atoms with E-state index >= 15 is 4.39 Å². The van der Waals surface area contributed by atoms with Crippen LogP contribution in [0.1, 0.15) is 43.2 Å². The number of ketones is 1. The first-order valence-corrected chi connectivity index (χ1v) is 13.2. The molecule has 0 radical (unpaired) electrons. The van der Waals surface area contributed by atoms with Gasteiger partial charge in [0.1, 0.15) is 11.6 Å². The number of halogens is 2. The van der Waals surface area contributed by atoms with E-state index in [0.29, 0.717) is 42.8 Å². The van der Waals surface area contributed by atoms with Crippen molar-refractivity contribution >= 4 is 34.4 Å². The van der Waals surface area contributed by atoms with Gasteiger partial charge in [-0.1, -0.05) is 38.1 Å². The Kier molecular flexibility index (Phi) is 6.86. The van der Waals surface area contributed by atoms with Crippen LogP contribution in [0.15, 0.2) is 71.2 Å². The SMILES string of the molecule is CC1(C)CC(=O)C2=C(C1)Nc1ccccc1N(CC(=O)NCCc1cccs1)C2c1ccc(F)cc1F. The Bertz CT molecular complexity index is 1370. The molecule has 5 rings (SSSR count). The number of benzene rings is 2. The minimum Gasteiger partial charge on any atom is -0.357 e. The van der Waals surface area contributed by atoms with Gasteiger partial charge in [-0.05, 0) is 47.9 Å². The van der Waals surface area contributed by atoms with Crippen LogP contribution in [0.4, 0.5) is 20.2 Å². The molecule has 3 aromatic rings. The highest BCUT2D eigenvalue weighted by Gasteiger charge is 2.42. The van der Waals surface area contributed by atoms with Gasteiger partial charge in [0.25, 0.3) is 0 Å². The highest BCUT2D eigenvalue weighted by molar-refractivity contribution is 7.09. The lowest BCUT2D eigenvalue weighted by Crippen LogP contribution is -2.42. The van der Waals surface area contributed by atoms with E-state index in [1.165, 1.54) is 17.0 Å². The monoisotopic (exact) mass is 521 g/mol. The average molecular weight is 522 g/mol. The van der Waals surface area contributed by atoms with E-state index in [-0.39, 0.29) is 29.2 Å². The van der Waals surface area contributed by atoms with Crippen LogP contribution >= 0.6 is 11.3 Å². The molecule has 1 aliphatic heterocycles. The van der Waals surface area contributed by atoms with Gasteiger partial charge in [-0.3, -0.25) is 9.59 Å². The maximum absolute atomic E-state index is 15.3. The van der Waals surface area contributed by atoms with Crippen molar-refractivity contribution in [2.75, 3.05) is 23.3 Å². The molecule has 1 aliphatic carbocycles. The lowest BCUT2D eigenvalue weighted by molar-refractivity contribution is -0.120. The number of nitrogens with one attached hydrogen (secondary N) is 2. The van der Waals surface area contributed by atoms with Crippen LogP contribution in [0.2, 0.25) is 0 Å². The Labute approximate surface area is 219 Å². The summed E-state index contributed by atoms with van der Waals surface area (Å²) in [5.74, 6) is -1.80. The van der Waals surface area contributed by atoms with Crippen molar-refractivity contribution in [1.29, 1.82) is 0 Å². The van der Waals surface area contributed by atoms with Gasteiger partial charge in [0, 0.05) is 40.7 Å². The molecular weight excluding hydrogens is 492 g/mol. The van der Waals surface area contributed by atoms with Crippen molar-refractivity contribution in [3.05, 3.63) is 93.3 Å². The molecule has 1 unspecified atom stereocenters. The first-order chi connectivity index (χ1) is 17.7. The fourth-order valence-corrected chi connectivity index (χ4v) is 5.97. The quantitative estimate of drug-likeness (QED) is 0.418. The number of amides is 1. The number of nitrogens with zero attached hydrogens (tertiary/aromatic N) is 1. The molecule has 192 valence electrons. The number of rotatable bonds is 6. The highest BCUT2D eigenvalue weighted by atomic mass is 32.1. The van der Waals surface area contributed by atoms with E-state index in [0.717, 1.165) is 11.8 Å². The average Bonchev–Trinajstić information content (AvgIpc) is 3.30. The Hall–Kier alpha value is -3.52. The minimum absolute atomic E-state index is 0.0991. The summed E-state index contributed by atoms with van der Waals surface area (Å²) < 4.78 is 29.2. The molecule has 1 amide bonds. The molecule has 1 atom stereocenters. The van der Waals surface area contributed by atoms with Crippen LogP contribution in [-0.4, -0.2) is 24.8 Å². The Morgan fingerprint density at radius 2 is 1.95 bits per heavy atom. The summed E-state index contributed by atoms with van der Waals surface area (Å²) in [5.41, 5.74) is 2.42. The molecule has 0 spiro atoms. The molecule has 5 nitrogen and oxygen atoms in total. The summed E-state index contributed by atoms with van der Waals surface area (Å²) >= 11 is 1.63. The molecule has 2 heterocycles. The van der Waals surface area contributed by atoms with E-state index in [1.807, 2.05) is 55.6 Å². The van der Waals surface area contributed by atoms with Crippen LogP contribution in [0, 0.1) is 17.0 Å². The van der Waals surface area contributed by atoms with Crippen LogP contribution in [0.3, 0.4) is 0 Å². The second kappa shape index (κ2) is 10.1. The number of hydrogen-bond acceptors (Lipinski definition) is 5. The number of thiophene rings is 1. The summed E-state index contributed by atoms with van der Waals surface area (Å²) in [6.45, 7) is 4.42. The Balaban J connectivity index is 1.57. The summed E-state index contributed by atoms with van der Waals surface area (Å²) in [6, 6.07) is 14.0. The fourth-order valence-electron chi connectivity index (χ4n) is 5.26. The van der Waals surface area contributed by atoms with Crippen molar-refractivity contribution in [1.82, 2.24) is 5.32 Å². The van der Waals surface area contributed by atoms with Crippen molar-refractivity contribution in [3.63, 3.8) is 0 Å². The maximum Gasteiger partial charge on any atom is 0.239 e. The van der Waals surface area contributed by atoms with E-state index in [9.17, 15) is 14.0 Å². The summed E-state index contributed by atoms with van der Waals surface area (Å²) in [7, 11) is 0. The first-order valence-electron chi connectivity index (χ1n) is 12.3. The van der Waals surface area contributed by atoms with Crippen molar-refractivity contribution in [3.8, 4) is 0 Å². The number of para-hydroxylation sites is 2. The Morgan fingerprint density at radius 1 is 1.14 bits per heavy atom. The standard InChI is InChI=1S/C29H29F2N3O2S/c1-29(2)15-23-27(25(35)16-29)28(20-10-9-18(30)14-21(20)31)34(24-8-4-3-7-22(24)33-23)17-26(36)32-12-11-19-6-5-13-37-19/h3-10,13-14,28,33H,11-12,15-17H2,1-2H3,(H,32,36). The molecule has 0 fully saturated rings. The number of anilines is 2. The van der Waals surface area contributed by atoms with Gasteiger partial charge in [0.15, 0.2) is 5.78 Å². The van der Waals surface area contributed by atoms with Crippen LogP contribution in [0.25, 0.3) is 0 Å². The third-order valence-corrected chi connectivity index (χ3v) is 7.78. The van der Waals surface area contributed by atoms with Gasteiger partial charge in [-0.2, -0.15) is 0 Å². The van der Waals surface area contributed by atoms with Gasteiger partial charge in [0.2, 0.25) is 5.91 Å². The van der Waals surface area contributed by atoms with E-state index in [2.05, 4.69) is 10.6 Å². The zero-order chi connectivity index (χ0) is 26.2. The fraction of sp³-hybridized carbons (Fsp3) is 0.310. The van der Waals surface area contributed by atoms with Crippen molar-refractivity contribution in [2.24, 2.45) is 5.41 Å². The zero-order valence-corrected chi connectivity index (χ0v) is 21.6. The number of hydrogen-bond donors (Lipinski definition) is 2. The predicted octanol–water partition coefficient (Wildman–Crippen LogP) is 6.00. The molecule has 8 heteroatoms. The molecule has 37 heavy (non-hydrogen) atoms. The second-order valence-corrected chi connectivity index (χ2v) is 11.4. The third-order valence-electron chi connectivity index (χ3n) is 6.85. The van der Waals surface area contributed by atoms with Gasteiger partial charge in [0.05, 0.1) is 24.0 Å².